The maximum absolute atomic E-state index is 14.7. The first kappa shape index (κ1) is 45.3. The number of nitrogens with zero attached hydrogens (tertiary/aromatic N) is 5. The van der Waals surface area contributed by atoms with Gasteiger partial charge in [-0.1, -0.05) is 39.0 Å². The highest BCUT2D eigenvalue weighted by Gasteiger charge is 2.47. The third-order valence-corrected chi connectivity index (χ3v) is 13.0. The maximum atomic E-state index is 14.7. The number of benzene rings is 1. The molecule has 340 valence electrons. The number of rotatable bonds is 8. The van der Waals surface area contributed by atoms with Gasteiger partial charge in [0.2, 0.25) is 41.3 Å². The Morgan fingerprint density at radius 2 is 1.51 bits per heavy atom. The van der Waals surface area contributed by atoms with Crippen LogP contribution in [0.4, 0.5) is 0 Å². The highest BCUT2D eigenvalue weighted by atomic mass is 16.5. The fourth-order valence-electron chi connectivity index (χ4n) is 9.00. The molecule has 1 unspecified atom stereocenters. The van der Waals surface area contributed by atoms with Crippen LogP contribution in [0.5, 0.6) is 5.75 Å². The summed E-state index contributed by atoms with van der Waals surface area (Å²) < 4.78 is 17.6. The number of carbonyl (C=O) groups excluding carboxylic acids is 6. The van der Waals surface area contributed by atoms with Gasteiger partial charge in [-0.05, 0) is 88.5 Å². The summed E-state index contributed by atoms with van der Waals surface area (Å²) in [5, 5.41) is 18.8. The number of aliphatic hydroxyl groups excluding tert-OH is 1. The topological polar surface area (TPSA) is 225 Å². The van der Waals surface area contributed by atoms with Gasteiger partial charge in [0, 0.05) is 26.1 Å². The average molecular weight is 873 g/mol. The van der Waals surface area contributed by atoms with E-state index in [-0.39, 0.29) is 48.2 Å². The van der Waals surface area contributed by atoms with Gasteiger partial charge in [0.15, 0.2) is 11.7 Å². The van der Waals surface area contributed by atoms with Crippen LogP contribution in [0.25, 0.3) is 0 Å². The lowest BCUT2D eigenvalue weighted by atomic mass is 9.96. The molecule has 2 aromatic rings. The van der Waals surface area contributed by atoms with E-state index in [0.717, 1.165) is 6.26 Å². The van der Waals surface area contributed by atoms with Gasteiger partial charge < -0.3 is 49.6 Å². The summed E-state index contributed by atoms with van der Waals surface area (Å²) in [5.74, 6) is -2.20. The van der Waals surface area contributed by atoms with Gasteiger partial charge in [-0.2, -0.15) is 0 Å². The molecular formula is C45H60N8O10. The Hall–Kier alpha value is -5.78. The van der Waals surface area contributed by atoms with Gasteiger partial charge in [-0.15, -0.1) is 0 Å². The van der Waals surface area contributed by atoms with Crippen molar-refractivity contribution in [3.63, 3.8) is 0 Å². The molecule has 18 heteroatoms. The molecule has 63 heavy (non-hydrogen) atoms. The molecule has 7 rings (SSSR count). The average Bonchev–Trinajstić information content (AvgIpc) is 4.13. The minimum atomic E-state index is -1.10. The molecule has 1 aromatic heterocycles. The number of fused-ring (bicyclic) bond motifs is 7. The number of ether oxygens (including phenoxy) is 2. The largest absolute Gasteiger partial charge is 0.491 e. The number of hydrogen-bond donors (Lipinski definition) is 4. The third kappa shape index (κ3) is 9.75. The number of nitrogens with one attached hydrogen (secondary N) is 3. The second-order valence-electron chi connectivity index (χ2n) is 17.5. The molecule has 6 amide bonds. The van der Waals surface area contributed by atoms with Gasteiger partial charge in [0.05, 0.1) is 0 Å². The number of aromatic nitrogens is 1. The molecule has 1 aromatic carbocycles. The molecule has 0 radical (unpaired) electrons. The predicted octanol–water partition coefficient (Wildman–Crippen LogP) is 2.21. The van der Waals surface area contributed by atoms with Crippen molar-refractivity contribution in [2.24, 2.45) is 10.9 Å². The van der Waals surface area contributed by atoms with E-state index in [1.54, 1.807) is 54.8 Å². The number of aliphatic hydroxyl groups is 1. The Labute approximate surface area is 367 Å². The van der Waals surface area contributed by atoms with E-state index < -0.39 is 78.1 Å². The Bertz CT molecular complexity index is 2110. The van der Waals surface area contributed by atoms with E-state index in [2.05, 4.69) is 27.5 Å². The highest BCUT2D eigenvalue weighted by molar-refractivity contribution is 5.99. The number of oxazole rings is 1. The van der Waals surface area contributed by atoms with Crippen molar-refractivity contribution in [3.8, 4) is 5.75 Å². The zero-order valence-corrected chi connectivity index (χ0v) is 36.7. The zero-order chi connectivity index (χ0) is 45.1. The van der Waals surface area contributed by atoms with E-state index in [1.165, 1.54) is 4.90 Å². The number of amides is 6. The fraction of sp³-hybridized carbons (Fsp3) is 0.600. The summed E-state index contributed by atoms with van der Waals surface area (Å²) in [5.41, 5.74) is 1.16. The van der Waals surface area contributed by atoms with Crippen LogP contribution in [-0.2, 0) is 35.1 Å². The maximum Gasteiger partial charge on any atom is 0.273 e. The SMILES string of the molecule is C=C(C)C(O)COc1ccc(C[C@@H]2NC(=O)c3coc(n3)[C@H](C)NC(=O)[C@@H]3CCCN3C(=O)[C@@H]3CCCN3C(=O)[C@H]([C@@H](C)CC)NC(=O)[C@H]3N=C(O[C@@H]3C)[C@@H]3CCCN3C2=O)cc1. The molecule has 0 aliphatic carbocycles. The third-order valence-electron chi connectivity index (χ3n) is 13.0. The summed E-state index contributed by atoms with van der Waals surface area (Å²) in [6, 6.07) is 0.887. The van der Waals surface area contributed by atoms with Crippen molar-refractivity contribution in [1.82, 2.24) is 35.6 Å². The summed E-state index contributed by atoms with van der Waals surface area (Å²) in [4.78, 5) is 98.9. The van der Waals surface area contributed by atoms with E-state index >= 15 is 0 Å². The summed E-state index contributed by atoms with van der Waals surface area (Å²) in [7, 11) is 0. The molecule has 18 nitrogen and oxygen atoms in total. The van der Waals surface area contributed by atoms with Gasteiger partial charge in [-0.3, -0.25) is 28.8 Å². The van der Waals surface area contributed by atoms with E-state index in [9.17, 15) is 33.9 Å². The quantitative estimate of drug-likeness (QED) is 0.282. The van der Waals surface area contributed by atoms with Gasteiger partial charge in [0.1, 0.15) is 67.1 Å². The molecule has 10 atom stereocenters. The van der Waals surface area contributed by atoms with E-state index in [4.69, 9.17) is 18.9 Å². The molecule has 3 fully saturated rings. The van der Waals surface area contributed by atoms with Gasteiger partial charge in [-0.25, -0.2) is 9.98 Å². The Balaban J connectivity index is 1.20. The van der Waals surface area contributed by atoms with Crippen molar-refractivity contribution in [2.45, 2.75) is 140 Å². The van der Waals surface area contributed by atoms with E-state index in [1.807, 2.05) is 13.8 Å². The zero-order valence-electron chi connectivity index (χ0n) is 36.7. The molecule has 3 saturated heterocycles. The lowest BCUT2D eigenvalue weighted by molar-refractivity contribution is -0.148. The van der Waals surface area contributed by atoms with Crippen molar-refractivity contribution in [1.29, 1.82) is 0 Å². The molecule has 5 aliphatic heterocycles. The highest BCUT2D eigenvalue weighted by Crippen LogP contribution is 2.30. The summed E-state index contributed by atoms with van der Waals surface area (Å²) in [6.45, 7) is 13.7. The van der Waals surface area contributed by atoms with Crippen LogP contribution in [0.3, 0.4) is 0 Å². The summed E-state index contributed by atoms with van der Waals surface area (Å²) >= 11 is 0. The van der Waals surface area contributed by atoms with Crippen LogP contribution in [0, 0.1) is 5.92 Å². The lowest BCUT2D eigenvalue weighted by Gasteiger charge is -2.34. The minimum absolute atomic E-state index is 0.0194. The molecule has 0 spiro atoms. The van der Waals surface area contributed by atoms with Crippen LogP contribution in [-0.4, -0.2) is 141 Å². The Kier molecular flexibility index (Phi) is 13.9. The minimum Gasteiger partial charge on any atom is -0.491 e. The molecular weight excluding hydrogens is 813 g/mol. The van der Waals surface area contributed by atoms with Crippen molar-refractivity contribution < 1.29 is 47.8 Å². The van der Waals surface area contributed by atoms with Crippen LogP contribution < -0.4 is 20.7 Å². The first-order valence-electron chi connectivity index (χ1n) is 22.2. The Morgan fingerprint density at radius 3 is 2.17 bits per heavy atom. The van der Waals surface area contributed by atoms with Crippen LogP contribution >= 0.6 is 0 Å². The normalized spacial score (nSPS) is 29.4. The lowest BCUT2D eigenvalue weighted by Crippen LogP contribution is -2.58. The van der Waals surface area contributed by atoms with E-state index in [0.29, 0.717) is 81.5 Å². The summed E-state index contributed by atoms with van der Waals surface area (Å²) in [6.07, 6.45) is 3.41. The van der Waals surface area contributed by atoms with Crippen LogP contribution in [0.2, 0.25) is 0 Å². The first-order valence-corrected chi connectivity index (χ1v) is 22.2. The first-order chi connectivity index (χ1) is 30.1. The number of aliphatic imine (C=N–C) groups is 1. The molecule has 4 bridgehead atoms. The molecule has 0 saturated carbocycles. The van der Waals surface area contributed by atoms with Gasteiger partial charge >= 0.3 is 0 Å². The second-order valence-corrected chi connectivity index (χ2v) is 17.5. The van der Waals surface area contributed by atoms with Crippen molar-refractivity contribution >= 4 is 41.3 Å². The molecule has 5 aliphatic rings. The second kappa shape index (κ2) is 19.3. The predicted molar refractivity (Wildman–Crippen MR) is 228 cm³/mol. The Morgan fingerprint density at radius 1 is 0.873 bits per heavy atom. The van der Waals surface area contributed by atoms with Crippen LogP contribution in [0.15, 0.2) is 52.1 Å². The molecule has 4 N–H and O–H groups in total. The number of carbonyl (C=O) groups is 6. The van der Waals surface area contributed by atoms with Gasteiger partial charge in [0.25, 0.3) is 5.91 Å². The van der Waals surface area contributed by atoms with Crippen molar-refractivity contribution in [3.05, 3.63) is 59.8 Å². The van der Waals surface area contributed by atoms with Crippen molar-refractivity contribution in [2.75, 3.05) is 26.2 Å². The number of hydrogen-bond acceptors (Lipinski definition) is 12. The monoisotopic (exact) mass is 872 g/mol. The smallest absolute Gasteiger partial charge is 0.273 e. The van der Waals surface area contributed by atoms with Crippen LogP contribution in [0.1, 0.15) is 108 Å². The molecule has 6 heterocycles. The standard InChI is InChI=1S/C45H60N8O10/c1-7-25(4)36-45(60)53-20-10-13-34(53)44(59)51-18-8-11-32(51)39(56)46-26(5)41-48-31(22-62-41)38(55)47-30(21-28-14-16-29(17-15-28)61-23-35(54)24(2)3)43(58)52-19-9-12-33(52)42-50-37(27(6)63-42)40(57)49-36/h14-17,22,25-27,30,32-37,54H,2,7-13,18-21,23H2,1,3-6H3,(H,46,56)(H,47,55)(H,49,57)/t25-,26-,27+,30-,32-,33-,34-,35?,36-,37-/m0/s1. The fourth-order valence-corrected chi connectivity index (χ4v) is 9.00.